The number of fused-ring (bicyclic) bond motifs is 4. The van der Waals surface area contributed by atoms with E-state index in [0.29, 0.717) is 41.5 Å². The van der Waals surface area contributed by atoms with E-state index in [4.69, 9.17) is 16.9 Å². The fraction of sp³-hybridized carbons (Fsp3) is 0.240. The lowest BCUT2D eigenvalue weighted by Crippen LogP contribution is -2.50. The number of nitrogens with zero attached hydrogens (tertiary/aromatic N) is 3. The number of rotatable bonds is 2. The molecule has 2 atom stereocenters. The van der Waals surface area contributed by atoms with Gasteiger partial charge in [0.05, 0.1) is 11.6 Å². The number of carbonyl (C=O) groups excluding carboxylic acids is 1. The van der Waals surface area contributed by atoms with Crippen molar-refractivity contribution in [1.82, 2.24) is 9.47 Å². The van der Waals surface area contributed by atoms with Crippen LogP contribution < -0.4 is 10.9 Å². The van der Waals surface area contributed by atoms with Crippen LogP contribution in [-0.2, 0) is 6.54 Å². The van der Waals surface area contributed by atoms with Gasteiger partial charge in [-0.2, -0.15) is 5.26 Å². The van der Waals surface area contributed by atoms with Crippen molar-refractivity contribution < 1.29 is 4.79 Å². The van der Waals surface area contributed by atoms with Gasteiger partial charge < -0.3 is 14.8 Å². The molecule has 2 amide bonds. The SMILES string of the molecule is N#Cc1cccc(NC(=O)N2C[C@H]3C[C@H](C2)c2ccc(-c4ccc(Cl)cc4)c(=O)n2C3)c1. The van der Waals surface area contributed by atoms with Gasteiger partial charge in [0, 0.05) is 47.5 Å². The van der Waals surface area contributed by atoms with Crippen molar-refractivity contribution in [2.45, 2.75) is 18.9 Å². The maximum Gasteiger partial charge on any atom is 0.321 e. The minimum Gasteiger partial charge on any atom is -0.324 e. The molecule has 7 heteroatoms. The van der Waals surface area contributed by atoms with Crippen LogP contribution in [0, 0.1) is 17.2 Å². The molecule has 5 rings (SSSR count). The highest BCUT2D eigenvalue weighted by atomic mass is 35.5. The second-order valence-corrected chi connectivity index (χ2v) is 8.86. The van der Waals surface area contributed by atoms with Gasteiger partial charge in [0.1, 0.15) is 0 Å². The van der Waals surface area contributed by atoms with Crippen LogP contribution in [0.2, 0.25) is 5.02 Å². The third-order valence-electron chi connectivity index (χ3n) is 6.29. The first-order valence-corrected chi connectivity index (χ1v) is 11.0. The Labute approximate surface area is 190 Å². The number of likely N-dealkylation sites (tertiary alicyclic amines) is 1. The summed E-state index contributed by atoms with van der Waals surface area (Å²) in [5.74, 6) is 0.335. The largest absolute Gasteiger partial charge is 0.324 e. The molecule has 0 aliphatic carbocycles. The van der Waals surface area contributed by atoms with Gasteiger partial charge in [-0.25, -0.2) is 4.79 Å². The number of benzene rings is 2. The summed E-state index contributed by atoms with van der Waals surface area (Å²) in [4.78, 5) is 28.0. The first-order valence-electron chi connectivity index (χ1n) is 10.6. The highest BCUT2D eigenvalue weighted by Crippen LogP contribution is 2.36. The van der Waals surface area contributed by atoms with E-state index < -0.39 is 0 Å². The molecule has 2 aliphatic rings. The molecule has 1 fully saturated rings. The van der Waals surface area contributed by atoms with Gasteiger partial charge in [0.2, 0.25) is 0 Å². The molecule has 32 heavy (non-hydrogen) atoms. The van der Waals surface area contributed by atoms with Gasteiger partial charge in [-0.15, -0.1) is 0 Å². The number of nitriles is 1. The predicted molar refractivity (Wildman–Crippen MR) is 124 cm³/mol. The molecule has 1 saturated heterocycles. The number of aromatic nitrogens is 1. The number of piperidine rings is 1. The average molecular weight is 445 g/mol. The van der Waals surface area contributed by atoms with Crippen molar-refractivity contribution in [1.29, 1.82) is 5.26 Å². The Morgan fingerprint density at radius 3 is 2.66 bits per heavy atom. The summed E-state index contributed by atoms with van der Waals surface area (Å²) < 4.78 is 1.88. The lowest BCUT2D eigenvalue weighted by molar-refractivity contribution is 0.139. The van der Waals surface area contributed by atoms with Gasteiger partial charge in [-0.1, -0.05) is 29.8 Å². The van der Waals surface area contributed by atoms with Gasteiger partial charge in [0.15, 0.2) is 0 Å². The first kappa shape index (κ1) is 20.3. The average Bonchev–Trinajstić information content (AvgIpc) is 2.80. The second-order valence-electron chi connectivity index (χ2n) is 8.42. The Morgan fingerprint density at radius 2 is 1.88 bits per heavy atom. The third kappa shape index (κ3) is 3.76. The summed E-state index contributed by atoms with van der Waals surface area (Å²) in [6.07, 6.45) is 0.966. The van der Waals surface area contributed by atoms with Crippen LogP contribution in [-0.4, -0.2) is 28.6 Å². The predicted octanol–water partition coefficient (Wildman–Crippen LogP) is 4.69. The highest BCUT2D eigenvalue weighted by molar-refractivity contribution is 6.30. The molecule has 3 heterocycles. The number of pyridine rings is 1. The van der Waals surface area contributed by atoms with Crippen LogP contribution >= 0.6 is 11.6 Å². The highest BCUT2D eigenvalue weighted by Gasteiger charge is 2.36. The van der Waals surface area contributed by atoms with Crippen molar-refractivity contribution in [3.8, 4) is 17.2 Å². The molecular weight excluding hydrogens is 424 g/mol. The lowest BCUT2D eigenvalue weighted by atomic mass is 9.83. The zero-order valence-corrected chi connectivity index (χ0v) is 18.0. The number of hydrogen-bond donors (Lipinski definition) is 1. The van der Waals surface area contributed by atoms with E-state index in [9.17, 15) is 9.59 Å². The zero-order valence-electron chi connectivity index (χ0n) is 17.3. The van der Waals surface area contributed by atoms with E-state index >= 15 is 0 Å². The third-order valence-corrected chi connectivity index (χ3v) is 6.54. The molecule has 0 spiro atoms. The summed E-state index contributed by atoms with van der Waals surface area (Å²) in [5, 5.41) is 12.6. The summed E-state index contributed by atoms with van der Waals surface area (Å²) in [5.41, 5.74) is 3.61. The van der Waals surface area contributed by atoms with E-state index in [2.05, 4.69) is 11.4 Å². The Bertz CT molecular complexity index is 1290. The first-order chi connectivity index (χ1) is 15.5. The Morgan fingerprint density at radius 1 is 1.06 bits per heavy atom. The fourth-order valence-corrected chi connectivity index (χ4v) is 4.96. The van der Waals surface area contributed by atoms with E-state index in [-0.39, 0.29) is 23.4 Å². The molecule has 160 valence electrons. The maximum atomic E-state index is 13.3. The van der Waals surface area contributed by atoms with Crippen LogP contribution in [0.5, 0.6) is 0 Å². The molecule has 6 nitrogen and oxygen atoms in total. The van der Waals surface area contributed by atoms with Crippen LogP contribution in [0.1, 0.15) is 23.6 Å². The number of urea groups is 1. The van der Waals surface area contributed by atoms with E-state index in [1.54, 1.807) is 36.4 Å². The van der Waals surface area contributed by atoms with Gasteiger partial charge in [-0.05, 0) is 60.4 Å². The molecule has 0 saturated carbocycles. The van der Waals surface area contributed by atoms with Gasteiger partial charge >= 0.3 is 6.03 Å². The summed E-state index contributed by atoms with van der Waals surface area (Å²) in [6.45, 7) is 1.75. The Hall–Kier alpha value is -3.56. The van der Waals surface area contributed by atoms with E-state index in [1.165, 1.54) is 0 Å². The minimum atomic E-state index is -0.177. The molecule has 0 radical (unpaired) electrons. The van der Waals surface area contributed by atoms with Crippen LogP contribution in [0.15, 0.2) is 65.5 Å². The molecule has 1 aromatic heterocycles. The van der Waals surface area contributed by atoms with E-state index in [1.807, 2.05) is 33.7 Å². The molecule has 0 unspecified atom stereocenters. The Balaban J connectivity index is 1.38. The van der Waals surface area contributed by atoms with Gasteiger partial charge in [0.25, 0.3) is 5.56 Å². The standard InChI is InChI=1S/C25H21ClN4O2/c26-20-6-4-18(5-7-20)22-8-9-23-19-10-17(14-30(23)24(22)31)13-29(15-19)25(32)28-21-3-1-2-16(11-21)12-27/h1-9,11,17,19H,10,13-15H2,(H,28,32)/t17-,19-/m1/s1. The molecule has 3 aromatic rings. The van der Waals surface area contributed by atoms with Gasteiger partial charge in [-0.3, -0.25) is 4.79 Å². The number of anilines is 1. The van der Waals surface area contributed by atoms with E-state index in [0.717, 1.165) is 17.7 Å². The fourth-order valence-electron chi connectivity index (χ4n) is 4.83. The zero-order chi connectivity index (χ0) is 22.2. The summed E-state index contributed by atoms with van der Waals surface area (Å²) in [7, 11) is 0. The van der Waals surface area contributed by atoms with Crippen molar-refractivity contribution in [3.05, 3.63) is 87.3 Å². The number of carbonyl (C=O) groups is 1. The number of halogens is 1. The van der Waals surface area contributed by atoms with Crippen molar-refractivity contribution >= 4 is 23.3 Å². The smallest absolute Gasteiger partial charge is 0.321 e. The molecular formula is C25H21ClN4O2. The molecule has 2 aromatic carbocycles. The monoisotopic (exact) mass is 444 g/mol. The number of hydrogen-bond acceptors (Lipinski definition) is 3. The lowest BCUT2D eigenvalue weighted by Gasteiger charge is -2.42. The molecule has 2 aliphatic heterocycles. The topological polar surface area (TPSA) is 78.1 Å². The Kier molecular flexibility index (Phi) is 5.20. The summed E-state index contributed by atoms with van der Waals surface area (Å²) in [6, 6.07) is 20.0. The number of nitrogens with one attached hydrogen (secondary N) is 1. The van der Waals surface area contributed by atoms with Crippen molar-refractivity contribution in [2.24, 2.45) is 5.92 Å². The minimum absolute atomic E-state index is 0.00532. The number of amides is 2. The summed E-state index contributed by atoms with van der Waals surface area (Å²) >= 11 is 5.99. The molecule has 1 N–H and O–H groups in total. The normalized spacial score (nSPS) is 19.1. The van der Waals surface area contributed by atoms with Crippen molar-refractivity contribution in [2.75, 3.05) is 18.4 Å². The van der Waals surface area contributed by atoms with Crippen LogP contribution in [0.25, 0.3) is 11.1 Å². The van der Waals surface area contributed by atoms with Crippen LogP contribution in [0.4, 0.5) is 10.5 Å². The van der Waals surface area contributed by atoms with Crippen LogP contribution in [0.3, 0.4) is 0 Å². The molecule has 2 bridgehead atoms. The maximum absolute atomic E-state index is 13.3. The van der Waals surface area contributed by atoms with Crippen molar-refractivity contribution in [3.63, 3.8) is 0 Å². The quantitative estimate of drug-likeness (QED) is 0.622. The second kappa shape index (κ2) is 8.18.